The average Bonchev–Trinajstić information content (AvgIpc) is 2.93. The van der Waals surface area contributed by atoms with Gasteiger partial charge in [0.15, 0.2) is 0 Å². The van der Waals surface area contributed by atoms with Crippen LogP contribution in [-0.4, -0.2) is 61.5 Å². The summed E-state index contributed by atoms with van der Waals surface area (Å²) in [5.41, 5.74) is 1.31. The molecule has 1 atom stereocenters. The molecule has 0 radical (unpaired) electrons. The van der Waals surface area contributed by atoms with Gasteiger partial charge in [-0.25, -0.2) is 8.42 Å². The fraction of sp³-hybridized carbons (Fsp3) is 0.355. The summed E-state index contributed by atoms with van der Waals surface area (Å²) in [4.78, 5) is 40.3. The fourth-order valence-corrected chi connectivity index (χ4v) is 5.40. The van der Waals surface area contributed by atoms with E-state index in [2.05, 4.69) is 5.32 Å². The molecule has 3 rings (SSSR count). The van der Waals surface area contributed by atoms with Crippen LogP contribution in [0.4, 0.5) is 11.4 Å². The van der Waals surface area contributed by atoms with Gasteiger partial charge in [-0.1, -0.05) is 54.6 Å². The Morgan fingerprint density at radius 3 is 2.21 bits per heavy atom. The number of nitro benzene ring substituents is 1. The number of amides is 2. The van der Waals surface area contributed by atoms with Crippen molar-refractivity contribution in [3.63, 3.8) is 0 Å². The second kappa shape index (κ2) is 13.7. The molecule has 230 valence electrons. The van der Waals surface area contributed by atoms with Crippen molar-refractivity contribution in [2.24, 2.45) is 0 Å². The molecule has 3 aromatic rings. The molecule has 0 aliphatic carbocycles. The van der Waals surface area contributed by atoms with Gasteiger partial charge in [-0.15, -0.1) is 0 Å². The molecule has 0 bridgehead atoms. The van der Waals surface area contributed by atoms with E-state index < -0.39 is 44.9 Å². The topological polar surface area (TPSA) is 139 Å². The summed E-state index contributed by atoms with van der Waals surface area (Å²) in [5, 5.41) is 14.5. The number of nitrogens with one attached hydrogen (secondary N) is 1. The molecular weight excluding hydrogens is 572 g/mol. The number of anilines is 1. The number of methoxy groups -OCH3 is 1. The first kappa shape index (κ1) is 33.1. The van der Waals surface area contributed by atoms with Crippen LogP contribution < -0.4 is 14.4 Å². The number of benzene rings is 3. The maximum atomic E-state index is 14.3. The first-order valence-electron chi connectivity index (χ1n) is 13.6. The second-order valence-electron chi connectivity index (χ2n) is 11.3. The molecule has 1 N–H and O–H groups in total. The van der Waals surface area contributed by atoms with E-state index in [1.165, 1.54) is 24.1 Å². The third-order valence-corrected chi connectivity index (χ3v) is 7.82. The molecule has 3 aromatic carbocycles. The average molecular weight is 611 g/mol. The number of ether oxygens (including phenoxy) is 1. The normalized spacial score (nSPS) is 12.2. The van der Waals surface area contributed by atoms with Gasteiger partial charge in [0.2, 0.25) is 21.8 Å². The van der Waals surface area contributed by atoms with Crippen LogP contribution >= 0.6 is 0 Å². The van der Waals surface area contributed by atoms with Gasteiger partial charge in [0.05, 0.1) is 18.3 Å². The molecule has 11 nitrogen and oxygen atoms in total. The van der Waals surface area contributed by atoms with Crippen molar-refractivity contribution >= 4 is 33.2 Å². The summed E-state index contributed by atoms with van der Waals surface area (Å²) < 4.78 is 32.3. The second-order valence-corrected chi connectivity index (χ2v) is 13.2. The summed E-state index contributed by atoms with van der Waals surface area (Å²) in [6.07, 6.45) is 1.07. The zero-order chi connectivity index (χ0) is 31.9. The van der Waals surface area contributed by atoms with Gasteiger partial charge in [0, 0.05) is 30.6 Å². The largest absolute Gasteiger partial charge is 0.495 e. The Kier molecular flexibility index (Phi) is 10.5. The van der Waals surface area contributed by atoms with Gasteiger partial charge in [0.1, 0.15) is 24.0 Å². The van der Waals surface area contributed by atoms with Crippen LogP contribution in [0.2, 0.25) is 0 Å². The Balaban J connectivity index is 2.16. The summed E-state index contributed by atoms with van der Waals surface area (Å²) in [7, 11) is -2.86. The highest BCUT2D eigenvalue weighted by atomic mass is 32.2. The van der Waals surface area contributed by atoms with Crippen LogP contribution in [0, 0.1) is 17.0 Å². The molecule has 0 spiro atoms. The highest BCUT2D eigenvalue weighted by Crippen LogP contribution is 2.34. The van der Waals surface area contributed by atoms with Gasteiger partial charge in [-0.3, -0.25) is 24.0 Å². The number of aryl methyl sites for hydroxylation is 1. The molecule has 2 amide bonds. The van der Waals surface area contributed by atoms with Gasteiger partial charge < -0.3 is 15.0 Å². The van der Waals surface area contributed by atoms with Gasteiger partial charge in [-0.05, 0) is 50.5 Å². The summed E-state index contributed by atoms with van der Waals surface area (Å²) in [5.74, 6) is -1.05. The Morgan fingerprint density at radius 2 is 1.65 bits per heavy atom. The molecule has 0 saturated carbocycles. The monoisotopic (exact) mass is 610 g/mol. The molecule has 0 fully saturated rings. The molecule has 12 heteroatoms. The van der Waals surface area contributed by atoms with Crippen molar-refractivity contribution in [1.82, 2.24) is 10.2 Å². The third-order valence-electron chi connectivity index (χ3n) is 6.69. The molecule has 0 saturated heterocycles. The number of carbonyl (C=O) groups is 2. The van der Waals surface area contributed by atoms with Crippen molar-refractivity contribution in [3.8, 4) is 5.75 Å². The van der Waals surface area contributed by atoms with E-state index in [1.54, 1.807) is 0 Å². The Hall–Kier alpha value is -4.45. The SMILES string of the molecule is COc1ccc([N+](=O)[O-])cc1N(CC(=O)N(Cc1ccccc1C)C(Cc1ccccc1)C(=O)NC(C)(C)C)S(C)(=O)=O. The van der Waals surface area contributed by atoms with E-state index >= 15 is 0 Å². The number of nitrogens with zero attached hydrogens (tertiary/aromatic N) is 3. The van der Waals surface area contributed by atoms with Gasteiger partial charge in [-0.2, -0.15) is 0 Å². The molecule has 1 unspecified atom stereocenters. The van der Waals surface area contributed by atoms with Gasteiger partial charge >= 0.3 is 0 Å². The maximum Gasteiger partial charge on any atom is 0.271 e. The lowest BCUT2D eigenvalue weighted by molar-refractivity contribution is -0.384. The molecule has 0 heterocycles. The van der Waals surface area contributed by atoms with Crippen LogP contribution in [0.1, 0.15) is 37.5 Å². The van der Waals surface area contributed by atoms with E-state index in [0.29, 0.717) is 0 Å². The van der Waals surface area contributed by atoms with E-state index in [4.69, 9.17) is 4.74 Å². The van der Waals surface area contributed by atoms with Crippen LogP contribution in [0.15, 0.2) is 72.8 Å². The predicted octanol–water partition coefficient (Wildman–Crippen LogP) is 4.23. The molecule has 0 aliphatic rings. The summed E-state index contributed by atoms with van der Waals surface area (Å²) in [6.45, 7) is 6.67. The Labute approximate surface area is 252 Å². The van der Waals surface area contributed by atoms with Crippen LogP contribution in [-0.2, 0) is 32.6 Å². The minimum atomic E-state index is -4.15. The molecule has 0 aromatic heterocycles. The number of non-ortho nitro benzene ring substituents is 1. The van der Waals surface area contributed by atoms with E-state index in [-0.39, 0.29) is 30.1 Å². The summed E-state index contributed by atoms with van der Waals surface area (Å²) >= 11 is 0. The number of nitro groups is 1. The minimum Gasteiger partial charge on any atom is -0.495 e. The van der Waals surface area contributed by atoms with Crippen LogP contribution in [0.5, 0.6) is 5.75 Å². The lowest BCUT2D eigenvalue weighted by Crippen LogP contribution is -2.56. The molecule has 0 aliphatic heterocycles. The maximum absolute atomic E-state index is 14.3. The standard InChI is InChI=1S/C31H38N4O7S/c1-22-12-10-11-15-24(22)20-33(27(30(37)32-31(2,3)4)18-23-13-8-7-9-14-23)29(36)21-34(43(6,40)41)26-19-25(35(38)39)16-17-28(26)42-5/h7-17,19,27H,18,20-21H2,1-6H3,(H,32,37). The minimum absolute atomic E-state index is 0.0181. The number of hydrogen-bond acceptors (Lipinski definition) is 7. The smallest absolute Gasteiger partial charge is 0.271 e. The van der Waals surface area contributed by atoms with Crippen molar-refractivity contribution < 1.29 is 27.7 Å². The van der Waals surface area contributed by atoms with Crippen molar-refractivity contribution in [2.45, 2.75) is 52.2 Å². The number of sulfonamides is 1. The predicted molar refractivity (Wildman–Crippen MR) is 165 cm³/mol. The van der Waals surface area contributed by atoms with E-state index in [9.17, 15) is 28.1 Å². The van der Waals surface area contributed by atoms with Gasteiger partial charge in [0.25, 0.3) is 5.69 Å². The fourth-order valence-electron chi connectivity index (χ4n) is 4.56. The first-order valence-corrected chi connectivity index (χ1v) is 15.5. The molecular formula is C31H38N4O7S. The number of hydrogen-bond donors (Lipinski definition) is 1. The van der Waals surface area contributed by atoms with Crippen molar-refractivity contribution in [2.75, 3.05) is 24.2 Å². The lowest BCUT2D eigenvalue weighted by Gasteiger charge is -2.35. The third kappa shape index (κ3) is 9.02. The highest BCUT2D eigenvalue weighted by Gasteiger charge is 2.35. The number of carbonyl (C=O) groups excluding carboxylic acids is 2. The first-order chi connectivity index (χ1) is 20.1. The quantitative estimate of drug-likeness (QED) is 0.239. The van der Waals surface area contributed by atoms with Crippen molar-refractivity contribution in [3.05, 3.63) is 99.6 Å². The van der Waals surface area contributed by atoms with Crippen molar-refractivity contribution in [1.29, 1.82) is 0 Å². The Bertz CT molecular complexity index is 1570. The molecule has 43 heavy (non-hydrogen) atoms. The van der Waals surface area contributed by atoms with Crippen LogP contribution in [0.3, 0.4) is 0 Å². The highest BCUT2D eigenvalue weighted by molar-refractivity contribution is 7.92. The Morgan fingerprint density at radius 1 is 1.02 bits per heavy atom. The zero-order valence-electron chi connectivity index (χ0n) is 25.2. The zero-order valence-corrected chi connectivity index (χ0v) is 26.1. The van der Waals surface area contributed by atoms with E-state index in [0.717, 1.165) is 33.3 Å². The summed E-state index contributed by atoms with van der Waals surface area (Å²) in [6, 6.07) is 19.1. The van der Waals surface area contributed by atoms with Crippen LogP contribution in [0.25, 0.3) is 0 Å². The lowest BCUT2D eigenvalue weighted by atomic mass is 10.00. The number of rotatable bonds is 12. The van der Waals surface area contributed by atoms with E-state index in [1.807, 2.05) is 82.3 Å².